The van der Waals surface area contributed by atoms with Crippen molar-refractivity contribution >= 4 is 34.3 Å². The molecule has 0 radical (unpaired) electrons. The van der Waals surface area contributed by atoms with Crippen LogP contribution in [0.3, 0.4) is 0 Å². The van der Waals surface area contributed by atoms with Crippen LogP contribution in [-0.4, -0.2) is 42.4 Å². The molecule has 2 amide bonds. The van der Waals surface area contributed by atoms with Gasteiger partial charge in [0.1, 0.15) is 16.8 Å². The molecule has 29 heavy (non-hydrogen) atoms. The number of carbonyl (C=O) groups is 3. The van der Waals surface area contributed by atoms with Crippen LogP contribution in [0.4, 0.5) is 14.2 Å². The molecule has 0 saturated heterocycles. The normalized spacial score (nSPS) is 23.0. The minimum atomic E-state index is -1.11. The minimum Gasteiger partial charge on any atom is -0.462 e. The van der Waals surface area contributed by atoms with E-state index in [1.807, 2.05) is 0 Å². The topological polar surface area (TPSA) is 93.7 Å². The highest BCUT2D eigenvalue weighted by Crippen LogP contribution is 2.41. The molecule has 3 atom stereocenters. The van der Waals surface area contributed by atoms with E-state index in [1.165, 1.54) is 11.3 Å². The van der Waals surface area contributed by atoms with Crippen molar-refractivity contribution in [1.29, 1.82) is 0 Å². The Bertz CT molecular complexity index is 817. The van der Waals surface area contributed by atoms with Gasteiger partial charge in [-0.05, 0) is 58.9 Å². The van der Waals surface area contributed by atoms with E-state index >= 15 is 0 Å². The highest BCUT2D eigenvalue weighted by Gasteiger charge is 2.44. The van der Waals surface area contributed by atoms with Gasteiger partial charge in [0.15, 0.2) is 0 Å². The van der Waals surface area contributed by atoms with Crippen LogP contribution in [-0.2, 0) is 27.1 Å². The Morgan fingerprint density at radius 2 is 1.97 bits per heavy atom. The summed E-state index contributed by atoms with van der Waals surface area (Å²) < 4.78 is 23.7. The lowest BCUT2D eigenvalue weighted by molar-refractivity contribution is -0.117. The summed E-state index contributed by atoms with van der Waals surface area (Å²) >= 11 is 1.32. The molecule has 1 heterocycles. The van der Waals surface area contributed by atoms with Crippen molar-refractivity contribution in [3.8, 4) is 0 Å². The van der Waals surface area contributed by atoms with Crippen LogP contribution in [0.15, 0.2) is 0 Å². The summed E-state index contributed by atoms with van der Waals surface area (Å²) in [5.41, 5.74) is 0.479. The number of esters is 1. The lowest BCUT2D eigenvalue weighted by Gasteiger charge is -2.26. The first-order valence-electron chi connectivity index (χ1n) is 9.85. The van der Waals surface area contributed by atoms with E-state index in [4.69, 9.17) is 9.47 Å². The summed E-state index contributed by atoms with van der Waals surface area (Å²) in [7, 11) is 0. The van der Waals surface area contributed by atoms with Crippen molar-refractivity contribution in [2.75, 3.05) is 11.9 Å². The number of thiophene rings is 1. The van der Waals surface area contributed by atoms with Gasteiger partial charge in [0.05, 0.1) is 18.1 Å². The summed E-state index contributed by atoms with van der Waals surface area (Å²) in [6.45, 7) is 7.28. The van der Waals surface area contributed by atoms with Gasteiger partial charge in [0, 0.05) is 10.9 Å². The molecule has 0 spiro atoms. The van der Waals surface area contributed by atoms with E-state index in [0.717, 1.165) is 10.4 Å². The third-order valence-corrected chi connectivity index (χ3v) is 5.95. The van der Waals surface area contributed by atoms with Gasteiger partial charge in [-0.3, -0.25) is 4.79 Å². The highest BCUT2D eigenvalue weighted by atomic mass is 32.1. The molecule has 1 aromatic heterocycles. The van der Waals surface area contributed by atoms with Crippen LogP contribution >= 0.6 is 11.3 Å². The van der Waals surface area contributed by atoms with Gasteiger partial charge in [-0.25, -0.2) is 14.0 Å². The summed E-state index contributed by atoms with van der Waals surface area (Å²) in [5.74, 6) is -1.58. The lowest BCUT2D eigenvalue weighted by Crippen LogP contribution is -2.41. The number of hydrogen-bond acceptors (Lipinski definition) is 6. The second-order valence-electron chi connectivity index (χ2n) is 8.36. The second-order valence-corrected chi connectivity index (χ2v) is 9.47. The molecule has 0 bridgehead atoms. The Morgan fingerprint density at radius 1 is 1.28 bits per heavy atom. The molecule has 9 heteroatoms. The van der Waals surface area contributed by atoms with E-state index < -0.39 is 35.7 Å². The molecule has 1 aromatic rings. The van der Waals surface area contributed by atoms with Gasteiger partial charge in [0.2, 0.25) is 5.91 Å². The van der Waals surface area contributed by atoms with E-state index in [-0.39, 0.29) is 19.1 Å². The fourth-order valence-corrected chi connectivity index (χ4v) is 4.56. The molecule has 2 aliphatic carbocycles. The molecule has 2 aliphatic rings. The number of anilines is 1. The van der Waals surface area contributed by atoms with Gasteiger partial charge in [-0.1, -0.05) is 0 Å². The predicted molar refractivity (Wildman–Crippen MR) is 107 cm³/mol. The van der Waals surface area contributed by atoms with Crippen LogP contribution in [0.1, 0.15) is 61.3 Å². The summed E-state index contributed by atoms with van der Waals surface area (Å²) in [5, 5.41) is 5.96. The zero-order valence-corrected chi connectivity index (χ0v) is 17.9. The van der Waals surface area contributed by atoms with Gasteiger partial charge >= 0.3 is 12.1 Å². The van der Waals surface area contributed by atoms with Crippen LogP contribution < -0.4 is 10.6 Å². The number of amides is 2. The second kappa shape index (κ2) is 8.30. The van der Waals surface area contributed by atoms with Crippen molar-refractivity contribution in [2.24, 2.45) is 5.92 Å². The summed E-state index contributed by atoms with van der Waals surface area (Å²) in [6.07, 6.45) is 0.376. The zero-order chi connectivity index (χ0) is 21.3. The van der Waals surface area contributed by atoms with Gasteiger partial charge in [0.25, 0.3) is 0 Å². The largest absolute Gasteiger partial charge is 0.462 e. The first-order chi connectivity index (χ1) is 13.6. The van der Waals surface area contributed by atoms with Crippen molar-refractivity contribution < 1.29 is 28.2 Å². The minimum absolute atomic E-state index is 0.192. The maximum Gasteiger partial charge on any atom is 0.407 e. The number of alkyl carbamates (subject to hydrolysis) is 1. The molecule has 7 nitrogen and oxygen atoms in total. The van der Waals surface area contributed by atoms with E-state index in [2.05, 4.69) is 10.6 Å². The lowest BCUT2D eigenvalue weighted by atomic mass is 9.91. The first kappa shape index (κ1) is 21.5. The maximum absolute atomic E-state index is 13.2. The Balaban J connectivity index is 1.79. The van der Waals surface area contributed by atoms with Crippen molar-refractivity contribution in [2.45, 2.75) is 71.2 Å². The standard InChI is InChI=1S/C20H27FN2O5S/c1-5-27-18(25)15-12-8-10(22-19(26)28-20(2,3)4)6-7-14(12)29-17(15)23-16(24)11-9-13(11)21/h10-11,13H,5-9H2,1-4H3,(H,22,26)(H,23,24)/t10-,11-,13+/m0/s1. The molecule has 1 saturated carbocycles. The number of halogens is 1. The smallest absolute Gasteiger partial charge is 0.407 e. The van der Waals surface area contributed by atoms with Crippen LogP contribution in [0.25, 0.3) is 0 Å². The first-order valence-corrected chi connectivity index (χ1v) is 10.7. The van der Waals surface area contributed by atoms with Crippen LogP contribution in [0.2, 0.25) is 0 Å². The Kier molecular flexibility index (Phi) is 6.16. The number of ether oxygens (including phenoxy) is 2. The average Bonchev–Trinajstić information content (AvgIpc) is 3.22. The molecule has 0 aliphatic heterocycles. The third-order valence-electron chi connectivity index (χ3n) is 4.75. The fraction of sp³-hybridized carbons (Fsp3) is 0.650. The molecular formula is C20H27FN2O5S. The Hall–Kier alpha value is -2.16. The molecule has 0 aromatic carbocycles. The zero-order valence-electron chi connectivity index (χ0n) is 17.1. The average molecular weight is 427 g/mol. The van der Waals surface area contributed by atoms with Gasteiger partial charge in [-0.2, -0.15) is 0 Å². The van der Waals surface area contributed by atoms with E-state index in [1.54, 1.807) is 27.7 Å². The number of rotatable bonds is 5. The Morgan fingerprint density at radius 3 is 2.55 bits per heavy atom. The van der Waals surface area contributed by atoms with E-state index in [9.17, 15) is 18.8 Å². The Labute approximate surface area is 173 Å². The molecule has 3 rings (SSSR count). The number of alkyl halides is 1. The number of carbonyl (C=O) groups excluding carboxylic acids is 3. The molecular weight excluding hydrogens is 399 g/mol. The number of nitrogens with one attached hydrogen (secondary N) is 2. The van der Waals surface area contributed by atoms with Crippen molar-refractivity contribution in [3.05, 3.63) is 16.0 Å². The molecule has 1 fully saturated rings. The maximum atomic E-state index is 13.2. The van der Waals surface area contributed by atoms with Crippen LogP contribution in [0.5, 0.6) is 0 Å². The predicted octanol–water partition coefficient (Wildman–Crippen LogP) is 3.60. The highest BCUT2D eigenvalue weighted by molar-refractivity contribution is 7.17. The van der Waals surface area contributed by atoms with Crippen LogP contribution in [0, 0.1) is 5.92 Å². The quantitative estimate of drug-likeness (QED) is 0.702. The monoisotopic (exact) mass is 426 g/mol. The summed E-state index contributed by atoms with van der Waals surface area (Å²) in [6, 6.07) is -0.192. The SMILES string of the molecule is CCOC(=O)c1c(NC(=O)[C@H]2C[C@H]2F)sc2c1C[C@@H](NC(=O)OC(C)(C)C)CC2. The van der Waals surface area contributed by atoms with E-state index in [0.29, 0.717) is 29.8 Å². The summed E-state index contributed by atoms with van der Waals surface area (Å²) in [4.78, 5) is 37.9. The number of fused-ring (bicyclic) bond motifs is 1. The third kappa shape index (κ3) is 5.26. The molecule has 2 N–H and O–H groups in total. The van der Waals surface area contributed by atoms with Gasteiger partial charge in [-0.15, -0.1) is 11.3 Å². The number of aryl methyl sites for hydroxylation is 1. The fourth-order valence-electron chi connectivity index (χ4n) is 3.33. The van der Waals surface area contributed by atoms with Crippen molar-refractivity contribution in [3.63, 3.8) is 0 Å². The van der Waals surface area contributed by atoms with Crippen molar-refractivity contribution in [1.82, 2.24) is 5.32 Å². The molecule has 0 unspecified atom stereocenters. The van der Waals surface area contributed by atoms with Gasteiger partial charge < -0.3 is 20.1 Å². The number of hydrogen-bond donors (Lipinski definition) is 2. The molecule has 160 valence electrons.